The van der Waals surface area contributed by atoms with Crippen LogP contribution in [-0.4, -0.2) is 48.3 Å². The number of rotatable bonds is 4. The Bertz CT molecular complexity index is 956. The fourth-order valence-corrected chi connectivity index (χ4v) is 7.19. The van der Waals surface area contributed by atoms with Gasteiger partial charge in [0.15, 0.2) is 0 Å². The summed E-state index contributed by atoms with van der Waals surface area (Å²) in [4.78, 5) is 6.95. The fraction of sp³-hybridized carbons (Fsp3) is 0.400. The molecule has 1 spiro atoms. The lowest BCUT2D eigenvalue weighted by Crippen LogP contribution is -2.44. The lowest BCUT2D eigenvalue weighted by Gasteiger charge is -2.40. The minimum absolute atomic E-state index is 0.465. The number of fused-ring (bicyclic) bond motifs is 2. The van der Waals surface area contributed by atoms with Crippen molar-refractivity contribution in [3.05, 3.63) is 102 Å². The number of nitrogens with zero attached hydrogens (tertiary/aromatic N) is 2. The highest BCUT2D eigenvalue weighted by molar-refractivity contribution is 7.99. The smallest absolute Gasteiger partial charge is 0.0233 e. The molecule has 2 fully saturated rings. The topological polar surface area (TPSA) is 6.48 Å². The molecule has 0 saturated carbocycles. The number of piperidine rings is 1. The molecule has 3 aromatic rings. The summed E-state index contributed by atoms with van der Waals surface area (Å²) in [5.41, 5.74) is 3.56. The molecule has 3 heteroatoms. The maximum atomic E-state index is 2.76. The van der Waals surface area contributed by atoms with Crippen molar-refractivity contribution in [2.45, 2.75) is 36.1 Å². The quantitative estimate of drug-likeness (QED) is 0.453. The van der Waals surface area contributed by atoms with Crippen molar-refractivity contribution in [1.82, 2.24) is 9.80 Å². The van der Waals surface area contributed by atoms with Gasteiger partial charge in [-0.15, -0.1) is 11.8 Å². The molecule has 2 nitrogen and oxygen atoms in total. The van der Waals surface area contributed by atoms with E-state index in [-0.39, 0.29) is 0 Å². The molecule has 0 aromatic heterocycles. The second kappa shape index (κ2) is 10.9. The average molecular weight is 457 g/mol. The van der Waals surface area contributed by atoms with Gasteiger partial charge in [0, 0.05) is 35.7 Å². The second-order valence-corrected chi connectivity index (χ2v) is 10.9. The zero-order valence-electron chi connectivity index (χ0n) is 19.6. The molecule has 0 amide bonds. The van der Waals surface area contributed by atoms with Crippen LogP contribution in [0.2, 0.25) is 0 Å². The van der Waals surface area contributed by atoms with E-state index in [0.717, 1.165) is 12.5 Å². The van der Waals surface area contributed by atoms with Crippen LogP contribution >= 0.6 is 11.8 Å². The highest BCUT2D eigenvalue weighted by atomic mass is 32.2. The molecular formula is C30H36N2S. The zero-order chi connectivity index (χ0) is 22.3. The van der Waals surface area contributed by atoms with Crippen LogP contribution in [-0.2, 0) is 12.0 Å². The van der Waals surface area contributed by atoms with E-state index < -0.39 is 0 Å². The molecular weight excluding hydrogens is 420 g/mol. The van der Waals surface area contributed by atoms with Crippen LogP contribution in [0.3, 0.4) is 0 Å². The van der Waals surface area contributed by atoms with Crippen LogP contribution in [0.25, 0.3) is 0 Å². The molecule has 0 aliphatic carbocycles. The van der Waals surface area contributed by atoms with Gasteiger partial charge in [0.25, 0.3) is 0 Å². The summed E-state index contributed by atoms with van der Waals surface area (Å²) in [6, 6.07) is 32.1. The van der Waals surface area contributed by atoms with Crippen LogP contribution in [0.5, 0.6) is 0 Å². The third-order valence-electron chi connectivity index (χ3n) is 7.58. The molecule has 0 unspecified atom stereocenters. The van der Waals surface area contributed by atoms with Crippen molar-refractivity contribution in [3.63, 3.8) is 0 Å². The largest absolute Gasteiger partial charge is 0.303 e. The molecule has 0 N–H and O–H groups in total. The summed E-state index contributed by atoms with van der Waals surface area (Å²) in [5, 5.41) is 0. The second-order valence-electron chi connectivity index (χ2n) is 9.90. The number of benzene rings is 3. The molecule has 0 radical (unpaired) electrons. The first-order valence-electron chi connectivity index (χ1n) is 12.5. The van der Waals surface area contributed by atoms with Gasteiger partial charge < -0.3 is 4.90 Å². The third-order valence-corrected chi connectivity index (χ3v) is 8.94. The molecule has 3 aliphatic heterocycles. The Morgan fingerprint density at radius 1 is 0.727 bits per heavy atom. The van der Waals surface area contributed by atoms with Gasteiger partial charge in [0.1, 0.15) is 0 Å². The van der Waals surface area contributed by atoms with Gasteiger partial charge >= 0.3 is 0 Å². The molecule has 2 saturated heterocycles. The summed E-state index contributed by atoms with van der Waals surface area (Å²) >= 11 is 2.08. The Morgan fingerprint density at radius 2 is 1.36 bits per heavy atom. The van der Waals surface area contributed by atoms with E-state index in [2.05, 4.69) is 76.2 Å². The van der Waals surface area contributed by atoms with E-state index >= 15 is 0 Å². The number of likely N-dealkylation sites (tertiary alicyclic amines) is 2. The van der Waals surface area contributed by atoms with E-state index in [1.54, 1.807) is 10.5 Å². The van der Waals surface area contributed by atoms with Crippen LogP contribution in [0.1, 0.15) is 30.4 Å². The minimum Gasteiger partial charge on any atom is -0.303 e. The summed E-state index contributed by atoms with van der Waals surface area (Å²) in [7, 11) is 0. The van der Waals surface area contributed by atoms with Gasteiger partial charge in [0.05, 0.1) is 0 Å². The lowest BCUT2D eigenvalue weighted by molar-refractivity contribution is 0.149. The van der Waals surface area contributed by atoms with Gasteiger partial charge in [-0.3, -0.25) is 4.90 Å². The first-order chi connectivity index (χ1) is 16.3. The Morgan fingerprint density at radius 3 is 2.09 bits per heavy atom. The van der Waals surface area contributed by atoms with E-state index in [1.807, 2.05) is 36.4 Å². The monoisotopic (exact) mass is 456 g/mol. The van der Waals surface area contributed by atoms with Crippen molar-refractivity contribution in [3.8, 4) is 0 Å². The van der Waals surface area contributed by atoms with E-state index in [0.29, 0.717) is 5.41 Å². The number of hydrogen-bond donors (Lipinski definition) is 0. The van der Waals surface area contributed by atoms with Crippen LogP contribution in [0.15, 0.2) is 95.9 Å². The van der Waals surface area contributed by atoms with Crippen molar-refractivity contribution in [2.24, 2.45) is 5.92 Å². The third kappa shape index (κ3) is 5.71. The fourth-order valence-electron chi connectivity index (χ4n) is 5.70. The molecule has 6 rings (SSSR count). The SMILES string of the molecule is c1ccc(CN2CC[C@@H](CN3CCC4(CC3)CSc3ccccc34)C2)cc1.c1ccccc1. The van der Waals surface area contributed by atoms with Crippen molar-refractivity contribution in [2.75, 3.05) is 38.5 Å². The number of thioether (sulfide) groups is 1. The highest BCUT2D eigenvalue weighted by Crippen LogP contribution is 2.49. The van der Waals surface area contributed by atoms with Gasteiger partial charge in [-0.1, -0.05) is 84.9 Å². The molecule has 172 valence electrons. The Kier molecular flexibility index (Phi) is 7.50. The summed E-state index contributed by atoms with van der Waals surface area (Å²) in [6.07, 6.45) is 4.06. The van der Waals surface area contributed by atoms with Crippen LogP contribution < -0.4 is 0 Å². The lowest BCUT2D eigenvalue weighted by atomic mass is 9.74. The molecule has 3 aliphatic rings. The minimum atomic E-state index is 0.465. The standard InChI is InChI=1S/C24H30N2S.C6H6/c1-2-6-20(7-3-1)16-26-13-10-21(18-26)17-25-14-11-24(12-15-25)19-27-23-9-5-4-8-22(23)24;1-2-4-6-5-3-1/h1-9,21H,10-19H2;1-6H/t21-;/m0./s1. The van der Waals surface area contributed by atoms with Crippen molar-refractivity contribution in [1.29, 1.82) is 0 Å². The first kappa shape index (κ1) is 22.7. The van der Waals surface area contributed by atoms with Crippen molar-refractivity contribution < 1.29 is 0 Å². The predicted octanol–water partition coefficient (Wildman–Crippen LogP) is 6.33. The van der Waals surface area contributed by atoms with Crippen LogP contribution in [0.4, 0.5) is 0 Å². The van der Waals surface area contributed by atoms with E-state index in [9.17, 15) is 0 Å². The number of hydrogen-bond acceptors (Lipinski definition) is 3. The van der Waals surface area contributed by atoms with Gasteiger partial charge in [-0.2, -0.15) is 0 Å². The zero-order valence-corrected chi connectivity index (χ0v) is 20.4. The van der Waals surface area contributed by atoms with Crippen LogP contribution in [0, 0.1) is 5.92 Å². The van der Waals surface area contributed by atoms with Gasteiger partial charge in [-0.25, -0.2) is 0 Å². The molecule has 3 heterocycles. The van der Waals surface area contributed by atoms with Crippen molar-refractivity contribution >= 4 is 11.8 Å². The predicted molar refractivity (Wildman–Crippen MR) is 141 cm³/mol. The Labute approximate surface area is 204 Å². The molecule has 0 bridgehead atoms. The molecule has 3 aromatic carbocycles. The summed E-state index contributed by atoms with van der Waals surface area (Å²) < 4.78 is 0. The maximum absolute atomic E-state index is 2.76. The molecule has 33 heavy (non-hydrogen) atoms. The normalized spacial score (nSPS) is 22.0. The summed E-state index contributed by atoms with van der Waals surface area (Å²) in [5.74, 6) is 2.15. The van der Waals surface area contributed by atoms with E-state index in [4.69, 9.17) is 0 Å². The summed E-state index contributed by atoms with van der Waals surface area (Å²) in [6.45, 7) is 7.52. The Balaban J connectivity index is 0.000000332. The first-order valence-corrected chi connectivity index (χ1v) is 13.5. The molecule has 1 atom stereocenters. The highest BCUT2D eigenvalue weighted by Gasteiger charge is 2.41. The van der Waals surface area contributed by atoms with E-state index in [1.165, 1.54) is 63.3 Å². The average Bonchev–Trinajstić information content (AvgIpc) is 3.47. The maximum Gasteiger partial charge on any atom is 0.0233 e. The van der Waals surface area contributed by atoms with Gasteiger partial charge in [0.2, 0.25) is 0 Å². The van der Waals surface area contributed by atoms with Gasteiger partial charge in [-0.05, 0) is 62.0 Å². The Hall–Kier alpha value is -2.07.